The molecule has 2 nitrogen and oxygen atoms in total. The molecule has 1 aliphatic rings. The minimum absolute atomic E-state index is 0.604. The van der Waals surface area contributed by atoms with E-state index in [1.54, 1.807) is 0 Å². The van der Waals surface area contributed by atoms with Crippen molar-refractivity contribution in [2.24, 2.45) is 5.92 Å². The van der Waals surface area contributed by atoms with Crippen LogP contribution in [0.25, 0.3) is 0 Å². The minimum Gasteiger partial charge on any atom is -0.301 e. The molecule has 0 aliphatic carbocycles. The van der Waals surface area contributed by atoms with Crippen LogP contribution in [0.5, 0.6) is 0 Å². The maximum Gasteiger partial charge on any atom is 0.0112 e. The van der Waals surface area contributed by atoms with Crippen LogP contribution >= 0.6 is 15.9 Å². The van der Waals surface area contributed by atoms with Crippen LogP contribution in [0.15, 0.2) is 30.3 Å². The van der Waals surface area contributed by atoms with Crippen molar-refractivity contribution in [1.82, 2.24) is 9.80 Å². The Balaban J connectivity index is 1.82. The fourth-order valence-electron chi connectivity index (χ4n) is 2.95. The van der Waals surface area contributed by atoms with Crippen molar-refractivity contribution in [3.05, 3.63) is 35.9 Å². The molecule has 1 heterocycles. The molecule has 1 fully saturated rings. The van der Waals surface area contributed by atoms with Crippen LogP contribution in [0.3, 0.4) is 0 Å². The summed E-state index contributed by atoms with van der Waals surface area (Å²) >= 11 is 3.69. The number of nitrogens with zero attached hydrogens (tertiary/aromatic N) is 2. The van der Waals surface area contributed by atoms with Crippen LogP contribution in [0.2, 0.25) is 0 Å². The fourth-order valence-corrected chi connectivity index (χ4v) is 3.53. The third-order valence-electron chi connectivity index (χ3n) is 4.02. The number of halogens is 1. The first-order valence-corrected chi connectivity index (χ1v) is 8.86. The summed E-state index contributed by atoms with van der Waals surface area (Å²) in [7, 11) is 0. The SMILES string of the molecule is CC(C)CN1CCN(CC(CBr)c2ccccc2)CC1. The minimum atomic E-state index is 0.604. The average molecular weight is 339 g/mol. The number of benzene rings is 1. The van der Waals surface area contributed by atoms with E-state index in [9.17, 15) is 0 Å². The van der Waals surface area contributed by atoms with Crippen molar-refractivity contribution in [3.8, 4) is 0 Å². The highest BCUT2D eigenvalue weighted by atomic mass is 79.9. The van der Waals surface area contributed by atoms with Crippen LogP contribution in [0.4, 0.5) is 0 Å². The summed E-state index contributed by atoms with van der Waals surface area (Å²) in [6, 6.07) is 10.9. The van der Waals surface area contributed by atoms with E-state index in [1.807, 2.05) is 0 Å². The van der Waals surface area contributed by atoms with E-state index in [2.05, 4.69) is 69.9 Å². The number of hydrogen-bond acceptors (Lipinski definition) is 2. The van der Waals surface area contributed by atoms with Crippen molar-refractivity contribution >= 4 is 15.9 Å². The van der Waals surface area contributed by atoms with E-state index in [4.69, 9.17) is 0 Å². The summed E-state index contributed by atoms with van der Waals surface area (Å²) in [6.07, 6.45) is 0. The van der Waals surface area contributed by atoms with Gasteiger partial charge >= 0.3 is 0 Å². The lowest BCUT2D eigenvalue weighted by Gasteiger charge is -2.37. The molecule has 20 heavy (non-hydrogen) atoms. The summed E-state index contributed by atoms with van der Waals surface area (Å²) in [5.74, 6) is 1.38. The van der Waals surface area contributed by atoms with Crippen molar-refractivity contribution in [3.63, 3.8) is 0 Å². The van der Waals surface area contributed by atoms with Gasteiger partial charge in [0.25, 0.3) is 0 Å². The van der Waals surface area contributed by atoms with E-state index in [-0.39, 0.29) is 0 Å². The van der Waals surface area contributed by atoms with Crippen LogP contribution in [-0.2, 0) is 0 Å². The predicted octanol–water partition coefficient (Wildman–Crippen LogP) is 3.44. The van der Waals surface area contributed by atoms with Gasteiger partial charge in [0.05, 0.1) is 0 Å². The van der Waals surface area contributed by atoms with Crippen molar-refractivity contribution in [1.29, 1.82) is 0 Å². The number of alkyl halides is 1. The number of rotatable bonds is 6. The lowest BCUT2D eigenvalue weighted by Crippen LogP contribution is -2.48. The van der Waals surface area contributed by atoms with Crippen molar-refractivity contribution in [2.75, 3.05) is 44.6 Å². The topological polar surface area (TPSA) is 6.48 Å². The van der Waals surface area contributed by atoms with E-state index in [0.29, 0.717) is 5.92 Å². The molecule has 0 saturated carbocycles. The molecule has 0 aromatic heterocycles. The molecule has 1 aliphatic heterocycles. The molecule has 0 bridgehead atoms. The Bertz CT molecular complexity index is 372. The summed E-state index contributed by atoms with van der Waals surface area (Å²) in [4.78, 5) is 5.22. The normalized spacial score (nSPS) is 19.4. The Hall–Kier alpha value is -0.380. The molecule has 1 atom stereocenters. The monoisotopic (exact) mass is 338 g/mol. The van der Waals surface area contributed by atoms with E-state index in [1.165, 1.54) is 44.8 Å². The van der Waals surface area contributed by atoms with Gasteiger partial charge in [-0.1, -0.05) is 60.1 Å². The summed E-state index contributed by atoms with van der Waals surface area (Å²) in [5, 5.41) is 1.04. The molecule has 1 saturated heterocycles. The second-order valence-corrected chi connectivity index (χ2v) is 6.90. The molecular formula is C17H27BrN2. The zero-order valence-corrected chi connectivity index (χ0v) is 14.3. The molecule has 1 aromatic rings. The lowest BCUT2D eigenvalue weighted by molar-refractivity contribution is 0.119. The molecule has 1 unspecified atom stereocenters. The van der Waals surface area contributed by atoms with Gasteiger partial charge in [-0.25, -0.2) is 0 Å². The van der Waals surface area contributed by atoms with Gasteiger partial charge in [0.1, 0.15) is 0 Å². The van der Waals surface area contributed by atoms with Crippen molar-refractivity contribution in [2.45, 2.75) is 19.8 Å². The molecule has 0 spiro atoms. The molecular weight excluding hydrogens is 312 g/mol. The second kappa shape index (κ2) is 8.16. The predicted molar refractivity (Wildman–Crippen MR) is 90.7 cm³/mol. The zero-order valence-electron chi connectivity index (χ0n) is 12.8. The highest BCUT2D eigenvalue weighted by Crippen LogP contribution is 2.20. The average Bonchev–Trinajstić information content (AvgIpc) is 2.47. The largest absolute Gasteiger partial charge is 0.301 e. The van der Waals surface area contributed by atoms with Gasteiger partial charge < -0.3 is 9.80 Å². The van der Waals surface area contributed by atoms with Crippen LogP contribution in [0, 0.1) is 5.92 Å². The van der Waals surface area contributed by atoms with E-state index < -0.39 is 0 Å². The molecule has 3 heteroatoms. The van der Waals surface area contributed by atoms with E-state index >= 15 is 0 Å². The third kappa shape index (κ3) is 4.87. The number of piperazine rings is 1. The standard InChI is InChI=1S/C17H27BrN2/c1-15(2)13-19-8-10-20(11-9-19)14-17(12-18)16-6-4-3-5-7-16/h3-7,15,17H,8-14H2,1-2H3. The second-order valence-electron chi connectivity index (χ2n) is 6.26. The summed E-state index contributed by atoms with van der Waals surface area (Å²) < 4.78 is 0. The Morgan fingerprint density at radius 2 is 1.50 bits per heavy atom. The molecule has 1 aromatic carbocycles. The third-order valence-corrected chi connectivity index (χ3v) is 4.81. The van der Waals surface area contributed by atoms with Gasteiger partial charge in [0.15, 0.2) is 0 Å². The highest BCUT2D eigenvalue weighted by molar-refractivity contribution is 9.09. The van der Waals surface area contributed by atoms with Crippen LogP contribution in [-0.4, -0.2) is 54.4 Å². The molecule has 2 rings (SSSR count). The van der Waals surface area contributed by atoms with Gasteiger partial charge in [-0.2, -0.15) is 0 Å². The smallest absolute Gasteiger partial charge is 0.0112 e. The summed E-state index contributed by atoms with van der Waals surface area (Å²) in [6.45, 7) is 11.9. The van der Waals surface area contributed by atoms with Crippen LogP contribution in [0.1, 0.15) is 25.3 Å². The molecule has 0 radical (unpaired) electrons. The first-order valence-electron chi connectivity index (χ1n) is 7.74. The quantitative estimate of drug-likeness (QED) is 0.733. The fraction of sp³-hybridized carbons (Fsp3) is 0.647. The van der Waals surface area contributed by atoms with Gasteiger partial charge in [0.2, 0.25) is 0 Å². The van der Waals surface area contributed by atoms with Gasteiger partial charge in [-0.05, 0) is 11.5 Å². The molecule has 112 valence electrons. The Morgan fingerprint density at radius 3 is 2.00 bits per heavy atom. The maximum absolute atomic E-state index is 3.69. The highest BCUT2D eigenvalue weighted by Gasteiger charge is 2.20. The van der Waals surface area contributed by atoms with Gasteiger partial charge in [-0.3, -0.25) is 0 Å². The lowest BCUT2D eigenvalue weighted by atomic mass is 10.0. The summed E-state index contributed by atoms with van der Waals surface area (Å²) in [5.41, 5.74) is 1.45. The Labute approximate surface area is 132 Å². The first kappa shape index (κ1) is 16.0. The zero-order chi connectivity index (χ0) is 14.4. The molecule has 0 amide bonds. The maximum atomic E-state index is 3.69. The molecule has 0 N–H and O–H groups in total. The first-order chi connectivity index (χ1) is 9.69. The Kier molecular flexibility index (Phi) is 6.53. The Morgan fingerprint density at radius 1 is 0.950 bits per heavy atom. The van der Waals surface area contributed by atoms with Gasteiger partial charge in [-0.15, -0.1) is 0 Å². The van der Waals surface area contributed by atoms with E-state index in [0.717, 1.165) is 11.2 Å². The number of hydrogen-bond donors (Lipinski definition) is 0. The van der Waals surface area contributed by atoms with Crippen LogP contribution < -0.4 is 0 Å². The van der Waals surface area contributed by atoms with Crippen molar-refractivity contribution < 1.29 is 0 Å². The van der Waals surface area contributed by atoms with Gasteiger partial charge in [0, 0.05) is 50.5 Å².